The van der Waals surface area contributed by atoms with Gasteiger partial charge < -0.3 is 5.32 Å². The van der Waals surface area contributed by atoms with Crippen LogP contribution in [0.15, 0.2) is 48.5 Å². The smallest absolute Gasteiger partial charge is 0.238 e. The fourth-order valence-electron chi connectivity index (χ4n) is 2.47. The van der Waals surface area contributed by atoms with E-state index >= 15 is 0 Å². The van der Waals surface area contributed by atoms with Crippen LogP contribution in [0, 0.1) is 0 Å². The fraction of sp³-hybridized carbons (Fsp3) is 0.188. The summed E-state index contributed by atoms with van der Waals surface area (Å²) in [7, 11) is 0. The third-order valence-electron chi connectivity index (χ3n) is 3.42. The zero-order valence-corrected chi connectivity index (χ0v) is 11.7. The Kier molecular flexibility index (Phi) is 3.72. The molecule has 0 bridgehead atoms. The molecule has 1 amide bonds. The molecule has 0 aliphatic carbocycles. The van der Waals surface area contributed by atoms with Gasteiger partial charge in [0, 0.05) is 13.1 Å². The molecule has 0 fully saturated rings. The maximum atomic E-state index is 12.1. The largest absolute Gasteiger partial charge is 0.324 e. The maximum absolute atomic E-state index is 12.1. The number of hydrogen-bond acceptors (Lipinski definition) is 2. The van der Waals surface area contributed by atoms with Crippen molar-refractivity contribution < 1.29 is 4.79 Å². The van der Waals surface area contributed by atoms with Gasteiger partial charge in [0.2, 0.25) is 5.91 Å². The summed E-state index contributed by atoms with van der Waals surface area (Å²) < 4.78 is 0. The molecule has 0 aromatic heterocycles. The third-order valence-corrected chi connectivity index (χ3v) is 3.75. The SMILES string of the molecule is O=C(CN1Cc2ccccc2C1)Nc1ccccc1Cl. The second-order valence-electron chi connectivity index (χ2n) is 4.94. The van der Waals surface area contributed by atoms with Crippen molar-refractivity contribution in [2.45, 2.75) is 13.1 Å². The molecule has 1 aliphatic rings. The number of halogens is 1. The van der Waals surface area contributed by atoms with E-state index in [2.05, 4.69) is 22.3 Å². The van der Waals surface area contributed by atoms with Crippen molar-refractivity contribution >= 4 is 23.2 Å². The highest BCUT2D eigenvalue weighted by Gasteiger charge is 2.20. The number of carbonyl (C=O) groups excluding carboxylic acids is 1. The number of fused-ring (bicyclic) bond motifs is 1. The molecule has 1 aliphatic heterocycles. The van der Waals surface area contributed by atoms with E-state index in [0.717, 1.165) is 13.1 Å². The monoisotopic (exact) mass is 286 g/mol. The normalized spacial score (nSPS) is 14.1. The van der Waals surface area contributed by atoms with Gasteiger partial charge in [-0.15, -0.1) is 0 Å². The van der Waals surface area contributed by atoms with E-state index in [1.165, 1.54) is 11.1 Å². The van der Waals surface area contributed by atoms with Gasteiger partial charge in [-0.3, -0.25) is 9.69 Å². The number of nitrogens with one attached hydrogen (secondary N) is 1. The van der Waals surface area contributed by atoms with Crippen molar-refractivity contribution in [2.75, 3.05) is 11.9 Å². The van der Waals surface area contributed by atoms with Crippen LogP contribution in [-0.2, 0) is 17.9 Å². The van der Waals surface area contributed by atoms with Crippen molar-refractivity contribution in [3.63, 3.8) is 0 Å². The van der Waals surface area contributed by atoms with E-state index < -0.39 is 0 Å². The standard InChI is InChI=1S/C16H15ClN2O/c17-14-7-3-4-8-15(14)18-16(20)11-19-9-12-5-1-2-6-13(12)10-19/h1-8H,9-11H2,(H,18,20). The van der Waals surface area contributed by atoms with Gasteiger partial charge in [-0.05, 0) is 23.3 Å². The lowest BCUT2D eigenvalue weighted by Gasteiger charge is -2.14. The number of anilines is 1. The zero-order valence-electron chi connectivity index (χ0n) is 11.0. The summed E-state index contributed by atoms with van der Waals surface area (Å²) in [5.41, 5.74) is 3.27. The van der Waals surface area contributed by atoms with Gasteiger partial charge in [0.05, 0.1) is 17.3 Å². The van der Waals surface area contributed by atoms with E-state index in [1.54, 1.807) is 12.1 Å². The number of amides is 1. The Labute approximate surface area is 123 Å². The Morgan fingerprint density at radius 3 is 2.30 bits per heavy atom. The predicted octanol–water partition coefficient (Wildman–Crippen LogP) is 3.29. The van der Waals surface area contributed by atoms with Crippen molar-refractivity contribution in [1.82, 2.24) is 4.90 Å². The lowest BCUT2D eigenvalue weighted by molar-refractivity contribution is -0.117. The second kappa shape index (κ2) is 5.65. The van der Waals surface area contributed by atoms with Crippen molar-refractivity contribution in [3.05, 3.63) is 64.7 Å². The van der Waals surface area contributed by atoms with Crippen LogP contribution in [0.5, 0.6) is 0 Å². The number of nitrogens with zero attached hydrogens (tertiary/aromatic N) is 1. The van der Waals surface area contributed by atoms with Crippen molar-refractivity contribution in [2.24, 2.45) is 0 Å². The molecule has 102 valence electrons. The highest BCUT2D eigenvalue weighted by molar-refractivity contribution is 6.33. The summed E-state index contributed by atoms with van der Waals surface area (Å²) >= 11 is 6.03. The number of para-hydroxylation sites is 1. The lowest BCUT2D eigenvalue weighted by atomic mass is 10.1. The Morgan fingerprint density at radius 1 is 1.05 bits per heavy atom. The van der Waals surface area contributed by atoms with Crippen LogP contribution in [0.1, 0.15) is 11.1 Å². The van der Waals surface area contributed by atoms with Gasteiger partial charge in [0.1, 0.15) is 0 Å². The number of rotatable bonds is 3. The van der Waals surface area contributed by atoms with Crippen LogP contribution in [0.3, 0.4) is 0 Å². The highest BCUT2D eigenvalue weighted by atomic mass is 35.5. The minimum atomic E-state index is -0.0362. The number of hydrogen-bond donors (Lipinski definition) is 1. The van der Waals surface area contributed by atoms with Crippen molar-refractivity contribution in [3.8, 4) is 0 Å². The van der Waals surface area contributed by atoms with Gasteiger partial charge in [0.25, 0.3) is 0 Å². The topological polar surface area (TPSA) is 32.3 Å². The Balaban J connectivity index is 1.60. The van der Waals surface area contributed by atoms with Gasteiger partial charge in [-0.1, -0.05) is 48.0 Å². The van der Waals surface area contributed by atoms with Crippen molar-refractivity contribution in [1.29, 1.82) is 0 Å². The van der Waals surface area contributed by atoms with Crippen LogP contribution in [-0.4, -0.2) is 17.4 Å². The molecule has 0 radical (unpaired) electrons. The molecular formula is C16H15ClN2O. The molecule has 4 heteroatoms. The number of carbonyl (C=O) groups is 1. The van der Waals surface area contributed by atoms with E-state index in [1.807, 2.05) is 24.3 Å². The molecule has 0 atom stereocenters. The summed E-state index contributed by atoms with van der Waals surface area (Å²) in [6, 6.07) is 15.6. The van der Waals surface area contributed by atoms with Gasteiger partial charge in [0.15, 0.2) is 0 Å². The molecule has 3 nitrogen and oxygen atoms in total. The number of benzene rings is 2. The van der Waals surface area contributed by atoms with E-state index in [4.69, 9.17) is 11.6 Å². The quantitative estimate of drug-likeness (QED) is 0.939. The van der Waals surface area contributed by atoms with Crippen LogP contribution < -0.4 is 5.32 Å². The second-order valence-corrected chi connectivity index (χ2v) is 5.35. The summed E-state index contributed by atoms with van der Waals surface area (Å²) in [4.78, 5) is 14.2. The molecular weight excluding hydrogens is 272 g/mol. The first kappa shape index (κ1) is 13.2. The summed E-state index contributed by atoms with van der Waals surface area (Å²) in [6.07, 6.45) is 0. The van der Waals surface area contributed by atoms with Crippen LogP contribution >= 0.6 is 11.6 Å². The molecule has 1 N–H and O–H groups in total. The van der Waals surface area contributed by atoms with Gasteiger partial charge >= 0.3 is 0 Å². The Bertz CT molecular complexity index is 617. The molecule has 0 unspecified atom stereocenters. The summed E-state index contributed by atoms with van der Waals surface area (Å²) in [6.45, 7) is 2.03. The first-order valence-corrected chi connectivity index (χ1v) is 6.94. The third kappa shape index (κ3) is 2.84. The first-order valence-electron chi connectivity index (χ1n) is 6.56. The van der Waals surface area contributed by atoms with Gasteiger partial charge in [-0.2, -0.15) is 0 Å². The summed E-state index contributed by atoms with van der Waals surface area (Å²) in [5, 5.41) is 3.41. The predicted molar refractivity (Wildman–Crippen MR) is 80.6 cm³/mol. The van der Waals surface area contributed by atoms with Crippen LogP contribution in [0.25, 0.3) is 0 Å². The molecule has 0 saturated heterocycles. The Morgan fingerprint density at radius 2 is 1.65 bits per heavy atom. The molecule has 20 heavy (non-hydrogen) atoms. The Hall–Kier alpha value is -1.84. The van der Waals surface area contributed by atoms with Crippen LogP contribution in [0.4, 0.5) is 5.69 Å². The maximum Gasteiger partial charge on any atom is 0.238 e. The minimum absolute atomic E-state index is 0.0362. The lowest BCUT2D eigenvalue weighted by Crippen LogP contribution is -2.29. The average molecular weight is 287 g/mol. The first-order chi connectivity index (χ1) is 9.72. The molecule has 0 spiro atoms. The van der Waals surface area contributed by atoms with E-state index in [9.17, 15) is 4.79 Å². The van der Waals surface area contributed by atoms with Gasteiger partial charge in [-0.25, -0.2) is 0 Å². The fourth-order valence-corrected chi connectivity index (χ4v) is 2.65. The highest BCUT2D eigenvalue weighted by Crippen LogP contribution is 2.23. The minimum Gasteiger partial charge on any atom is -0.324 e. The molecule has 3 rings (SSSR count). The van der Waals surface area contributed by atoms with Crippen LogP contribution in [0.2, 0.25) is 5.02 Å². The summed E-state index contributed by atoms with van der Waals surface area (Å²) in [5.74, 6) is -0.0362. The molecule has 1 heterocycles. The molecule has 0 saturated carbocycles. The zero-order chi connectivity index (χ0) is 13.9. The molecule has 2 aromatic carbocycles. The molecule has 2 aromatic rings. The van der Waals surface area contributed by atoms with E-state index in [-0.39, 0.29) is 5.91 Å². The van der Waals surface area contributed by atoms with E-state index in [0.29, 0.717) is 17.3 Å². The average Bonchev–Trinajstić information content (AvgIpc) is 2.83.